The van der Waals surface area contributed by atoms with E-state index in [-0.39, 0.29) is 5.91 Å². The monoisotopic (exact) mass is 300 g/mol. The van der Waals surface area contributed by atoms with Crippen LogP contribution in [-0.4, -0.2) is 22.0 Å². The number of rotatable bonds is 8. The molecule has 1 aromatic heterocycles. The summed E-state index contributed by atoms with van der Waals surface area (Å²) in [5, 5.41) is 2.96. The summed E-state index contributed by atoms with van der Waals surface area (Å²) in [7, 11) is 0. The van der Waals surface area contributed by atoms with E-state index in [4.69, 9.17) is 5.73 Å². The van der Waals surface area contributed by atoms with E-state index in [1.54, 1.807) is 0 Å². The number of hydrogen-bond donors (Lipinski definition) is 2. The first-order valence-corrected chi connectivity index (χ1v) is 7.74. The average molecular weight is 300 g/mol. The van der Waals surface area contributed by atoms with Crippen LogP contribution in [0.15, 0.2) is 36.7 Å². The van der Waals surface area contributed by atoms with Crippen molar-refractivity contribution in [2.24, 2.45) is 0 Å². The van der Waals surface area contributed by atoms with E-state index in [0.717, 1.165) is 43.0 Å². The molecule has 3 N–H and O–H groups in total. The second-order valence-corrected chi connectivity index (χ2v) is 5.42. The van der Waals surface area contributed by atoms with Crippen LogP contribution in [0.4, 0.5) is 5.69 Å². The van der Waals surface area contributed by atoms with Gasteiger partial charge >= 0.3 is 0 Å². The Morgan fingerprint density at radius 2 is 2.14 bits per heavy atom. The van der Waals surface area contributed by atoms with Gasteiger partial charge in [0.1, 0.15) is 5.82 Å². The molecule has 22 heavy (non-hydrogen) atoms. The van der Waals surface area contributed by atoms with Crippen LogP contribution in [0.1, 0.15) is 30.7 Å². The molecule has 0 spiro atoms. The number of unbranched alkanes of at least 4 members (excludes halogenated alkanes) is 1. The lowest BCUT2D eigenvalue weighted by molar-refractivity contribution is -0.121. The van der Waals surface area contributed by atoms with E-state index < -0.39 is 0 Å². The molecule has 0 saturated carbocycles. The van der Waals surface area contributed by atoms with Gasteiger partial charge < -0.3 is 15.6 Å². The van der Waals surface area contributed by atoms with Gasteiger partial charge in [-0.15, -0.1) is 0 Å². The van der Waals surface area contributed by atoms with Crippen LogP contribution in [0.2, 0.25) is 0 Å². The fourth-order valence-corrected chi connectivity index (χ4v) is 2.37. The van der Waals surface area contributed by atoms with Crippen LogP contribution in [0, 0.1) is 6.92 Å². The highest BCUT2D eigenvalue weighted by atomic mass is 16.1. The molecule has 2 aromatic rings. The molecule has 1 aromatic carbocycles. The van der Waals surface area contributed by atoms with Crippen molar-refractivity contribution in [2.75, 3.05) is 12.3 Å². The maximum atomic E-state index is 11.8. The van der Waals surface area contributed by atoms with Gasteiger partial charge in [-0.1, -0.05) is 18.2 Å². The van der Waals surface area contributed by atoms with Gasteiger partial charge in [0.05, 0.1) is 0 Å². The fraction of sp³-hybridized carbons (Fsp3) is 0.412. The molecule has 0 aliphatic rings. The molecule has 1 amide bonds. The van der Waals surface area contributed by atoms with Gasteiger partial charge in [-0.3, -0.25) is 4.79 Å². The molecule has 0 saturated heterocycles. The van der Waals surface area contributed by atoms with Gasteiger partial charge in [0.15, 0.2) is 0 Å². The van der Waals surface area contributed by atoms with E-state index in [0.29, 0.717) is 12.8 Å². The third-order valence-electron chi connectivity index (χ3n) is 3.75. The molecule has 0 unspecified atom stereocenters. The van der Waals surface area contributed by atoms with E-state index in [2.05, 4.69) is 14.9 Å². The number of nitrogens with two attached hydrogens (primary N) is 1. The van der Waals surface area contributed by atoms with E-state index in [1.807, 2.05) is 43.6 Å². The van der Waals surface area contributed by atoms with Crippen LogP contribution in [0.5, 0.6) is 0 Å². The summed E-state index contributed by atoms with van der Waals surface area (Å²) in [6.07, 6.45) is 6.96. The van der Waals surface area contributed by atoms with Gasteiger partial charge in [0.2, 0.25) is 5.91 Å². The number of aryl methyl sites for hydroxylation is 3. The van der Waals surface area contributed by atoms with Crippen LogP contribution < -0.4 is 11.1 Å². The Labute approximate surface area is 131 Å². The number of nitrogen functional groups attached to an aromatic ring is 1. The van der Waals surface area contributed by atoms with Crippen molar-refractivity contribution in [2.45, 2.75) is 39.2 Å². The number of anilines is 1. The predicted octanol–water partition coefficient (Wildman–Crippen LogP) is 2.30. The Hall–Kier alpha value is -2.30. The number of aromatic nitrogens is 2. The molecule has 5 nitrogen and oxygen atoms in total. The van der Waals surface area contributed by atoms with Gasteiger partial charge in [-0.2, -0.15) is 0 Å². The molecule has 0 bridgehead atoms. The number of amides is 1. The Bertz CT molecular complexity index is 606. The van der Waals surface area contributed by atoms with Crippen molar-refractivity contribution in [1.82, 2.24) is 14.9 Å². The zero-order valence-electron chi connectivity index (χ0n) is 13.1. The van der Waals surface area contributed by atoms with Crippen molar-refractivity contribution in [3.8, 4) is 0 Å². The van der Waals surface area contributed by atoms with E-state index in [9.17, 15) is 4.79 Å². The Balaban J connectivity index is 1.58. The molecule has 2 rings (SSSR count). The zero-order valence-corrected chi connectivity index (χ0v) is 13.1. The lowest BCUT2D eigenvalue weighted by atomic mass is 10.1. The highest BCUT2D eigenvalue weighted by Crippen LogP contribution is 2.12. The SMILES string of the molecule is Cc1nccn1CCCCNC(=O)CCc1ccccc1N. The van der Waals surface area contributed by atoms with Crippen LogP contribution in [0.3, 0.4) is 0 Å². The summed E-state index contributed by atoms with van der Waals surface area (Å²) in [5.74, 6) is 1.12. The lowest BCUT2D eigenvalue weighted by Crippen LogP contribution is -2.25. The number of carbonyl (C=O) groups is 1. The lowest BCUT2D eigenvalue weighted by Gasteiger charge is -2.08. The molecule has 0 aliphatic carbocycles. The van der Waals surface area contributed by atoms with E-state index in [1.165, 1.54) is 0 Å². The first-order valence-electron chi connectivity index (χ1n) is 7.74. The van der Waals surface area contributed by atoms with Crippen molar-refractivity contribution in [1.29, 1.82) is 0 Å². The largest absolute Gasteiger partial charge is 0.399 e. The maximum Gasteiger partial charge on any atom is 0.220 e. The highest BCUT2D eigenvalue weighted by Gasteiger charge is 2.04. The Morgan fingerprint density at radius 1 is 1.32 bits per heavy atom. The van der Waals surface area contributed by atoms with Crippen molar-refractivity contribution < 1.29 is 4.79 Å². The van der Waals surface area contributed by atoms with Gasteiger partial charge in [0, 0.05) is 37.6 Å². The Kier molecular flexibility index (Phi) is 6.01. The molecular weight excluding hydrogens is 276 g/mol. The number of carbonyl (C=O) groups excluding carboxylic acids is 1. The number of nitrogens with one attached hydrogen (secondary N) is 1. The summed E-state index contributed by atoms with van der Waals surface area (Å²) in [5.41, 5.74) is 7.66. The average Bonchev–Trinajstić information content (AvgIpc) is 2.91. The van der Waals surface area contributed by atoms with Crippen LogP contribution in [0.25, 0.3) is 0 Å². The van der Waals surface area contributed by atoms with Gasteiger partial charge in [-0.05, 0) is 37.8 Å². The van der Waals surface area contributed by atoms with E-state index >= 15 is 0 Å². The number of para-hydroxylation sites is 1. The predicted molar refractivity (Wildman–Crippen MR) is 88.4 cm³/mol. The smallest absolute Gasteiger partial charge is 0.220 e. The molecule has 0 aliphatic heterocycles. The third-order valence-corrected chi connectivity index (χ3v) is 3.75. The number of imidazole rings is 1. The summed E-state index contributed by atoms with van der Waals surface area (Å²) in [6.45, 7) is 3.66. The molecule has 118 valence electrons. The Morgan fingerprint density at radius 3 is 2.86 bits per heavy atom. The second-order valence-electron chi connectivity index (χ2n) is 5.42. The van der Waals surface area contributed by atoms with Crippen molar-refractivity contribution in [3.05, 3.63) is 48.0 Å². The molecule has 0 fully saturated rings. The summed E-state index contributed by atoms with van der Waals surface area (Å²) in [6, 6.07) is 7.68. The second kappa shape index (κ2) is 8.22. The molecule has 1 heterocycles. The van der Waals surface area contributed by atoms with Crippen LogP contribution in [-0.2, 0) is 17.8 Å². The fourth-order valence-electron chi connectivity index (χ4n) is 2.37. The van der Waals surface area contributed by atoms with Crippen molar-refractivity contribution in [3.63, 3.8) is 0 Å². The minimum atomic E-state index is 0.0852. The zero-order chi connectivity index (χ0) is 15.8. The van der Waals surface area contributed by atoms with Crippen molar-refractivity contribution >= 4 is 11.6 Å². The van der Waals surface area contributed by atoms with Gasteiger partial charge in [0.25, 0.3) is 0 Å². The first-order chi connectivity index (χ1) is 10.7. The minimum Gasteiger partial charge on any atom is -0.399 e. The molecule has 0 radical (unpaired) electrons. The summed E-state index contributed by atoms with van der Waals surface area (Å²) in [4.78, 5) is 16.0. The standard InChI is InChI=1S/C17H24N4O/c1-14-19-11-13-21(14)12-5-4-10-20-17(22)9-8-15-6-2-3-7-16(15)18/h2-3,6-7,11,13H,4-5,8-10,12,18H2,1H3,(H,20,22). The molecular formula is C17H24N4O. The topological polar surface area (TPSA) is 72.9 Å². The summed E-state index contributed by atoms with van der Waals surface area (Å²) < 4.78 is 2.13. The number of benzene rings is 1. The van der Waals surface area contributed by atoms with Crippen LogP contribution >= 0.6 is 0 Å². The first kappa shape index (κ1) is 16.1. The van der Waals surface area contributed by atoms with Gasteiger partial charge in [-0.25, -0.2) is 4.98 Å². The number of hydrogen-bond acceptors (Lipinski definition) is 3. The third kappa shape index (κ3) is 4.91. The quantitative estimate of drug-likeness (QED) is 0.580. The highest BCUT2D eigenvalue weighted by molar-refractivity contribution is 5.76. The maximum absolute atomic E-state index is 11.8. The minimum absolute atomic E-state index is 0.0852. The normalized spacial score (nSPS) is 10.6. The molecule has 5 heteroatoms. The number of nitrogens with zero attached hydrogens (tertiary/aromatic N) is 2. The molecule has 0 atom stereocenters. The summed E-state index contributed by atoms with van der Waals surface area (Å²) >= 11 is 0.